The van der Waals surface area contributed by atoms with Crippen molar-refractivity contribution in [3.63, 3.8) is 0 Å². The van der Waals surface area contributed by atoms with Crippen molar-refractivity contribution in [3.05, 3.63) is 35.6 Å². The molecule has 0 aromatic heterocycles. The molecule has 98 valence electrons. The lowest BCUT2D eigenvalue weighted by atomic mass is 10.1. The van der Waals surface area contributed by atoms with Crippen LogP contribution in [0.5, 0.6) is 0 Å². The number of rotatable bonds is 3. The lowest BCUT2D eigenvalue weighted by Gasteiger charge is -2.31. The lowest BCUT2D eigenvalue weighted by molar-refractivity contribution is 0.0146. The van der Waals surface area contributed by atoms with Crippen LogP contribution in [0.25, 0.3) is 0 Å². The molecule has 1 saturated heterocycles. The molecular formula is C14H18FNO2. The van der Waals surface area contributed by atoms with Gasteiger partial charge in [0.2, 0.25) is 0 Å². The van der Waals surface area contributed by atoms with E-state index in [1.165, 1.54) is 24.3 Å². The minimum Gasteiger partial charge on any atom is -0.378 e. The van der Waals surface area contributed by atoms with Crippen molar-refractivity contribution in [3.8, 4) is 0 Å². The van der Waals surface area contributed by atoms with Crippen LogP contribution in [0.3, 0.4) is 0 Å². The zero-order valence-corrected chi connectivity index (χ0v) is 10.6. The number of carbonyl (C=O) groups is 1. The molecular weight excluding hydrogens is 233 g/mol. The molecule has 0 unspecified atom stereocenters. The van der Waals surface area contributed by atoms with Gasteiger partial charge < -0.3 is 9.64 Å². The van der Waals surface area contributed by atoms with E-state index in [0.29, 0.717) is 18.7 Å². The molecule has 1 aliphatic heterocycles. The summed E-state index contributed by atoms with van der Waals surface area (Å²) in [6.45, 7) is 4.12. The van der Waals surface area contributed by atoms with E-state index in [-0.39, 0.29) is 17.8 Å². The molecule has 0 spiro atoms. The molecule has 0 saturated carbocycles. The number of ether oxygens (including phenoxy) is 1. The molecule has 0 radical (unpaired) electrons. The summed E-state index contributed by atoms with van der Waals surface area (Å²) in [6.07, 6.45) is 2.02. The average molecular weight is 251 g/mol. The van der Waals surface area contributed by atoms with Crippen LogP contribution in [0.15, 0.2) is 24.3 Å². The Balaban J connectivity index is 1.93. The summed E-state index contributed by atoms with van der Waals surface area (Å²) >= 11 is 0. The molecule has 0 N–H and O–H groups in total. The van der Waals surface area contributed by atoms with Crippen molar-refractivity contribution in [2.75, 3.05) is 19.7 Å². The minimum absolute atomic E-state index is 0.0232. The van der Waals surface area contributed by atoms with Crippen molar-refractivity contribution >= 4 is 5.91 Å². The fraction of sp³-hybridized carbons (Fsp3) is 0.500. The zero-order valence-electron chi connectivity index (χ0n) is 10.6. The monoisotopic (exact) mass is 251 g/mol. The Morgan fingerprint density at radius 1 is 1.33 bits per heavy atom. The van der Waals surface area contributed by atoms with E-state index in [2.05, 4.69) is 0 Å². The molecule has 1 aliphatic rings. The topological polar surface area (TPSA) is 29.5 Å². The Bertz CT molecular complexity index is 397. The van der Waals surface area contributed by atoms with Crippen molar-refractivity contribution in [1.29, 1.82) is 0 Å². The number of piperidine rings is 1. The zero-order chi connectivity index (χ0) is 13.0. The molecule has 3 nitrogen and oxygen atoms in total. The van der Waals surface area contributed by atoms with Crippen LogP contribution >= 0.6 is 0 Å². The molecule has 1 fully saturated rings. The second-order valence-corrected chi connectivity index (χ2v) is 4.45. The van der Waals surface area contributed by atoms with Gasteiger partial charge in [0.15, 0.2) is 0 Å². The maximum Gasteiger partial charge on any atom is 0.253 e. The molecule has 1 aromatic rings. The fourth-order valence-electron chi connectivity index (χ4n) is 2.24. The number of likely N-dealkylation sites (tertiary alicyclic amines) is 1. The highest BCUT2D eigenvalue weighted by Crippen LogP contribution is 2.16. The van der Waals surface area contributed by atoms with Gasteiger partial charge in [0.25, 0.3) is 5.91 Å². The quantitative estimate of drug-likeness (QED) is 0.826. The molecule has 4 heteroatoms. The number of amides is 1. The van der Waals surface area contributed by atoms with Crippen LogP contribution in [0.1, 0.15) is 30.1 Å². The third-order valence-corrected chi connectivity index (χ3v) is 3.22. The Morgan fingerprint density at radius 3 is 2.50 bits per heavy atom. The van der Waals surface area contributed by atoms with Gasteiger partial charge in [-0.05, 0) is 44.0 Å². The van der Waals surface area contributed by atoms with Gasteiger partial charge in [0.05, 0.1) is 6.10 Å². The predicted molar refractivity (Wildman–Crippen MR) is 67.0 cm³/mol. The summed E-state index contributed by atoms with van der Waals surface area (Å²) in [5.41, 5.74) is 0.547. The molecule has 18 heavy (non-hydrogen) atoms. The van der Waals surface area contributed by atoms with Crippen molar-refractivity contribution in [2.24, 2.45) is 0 Å². The van der Waals surface area contributed by atoms with Crippen molar-refractivity contribution in [2.45, 2.75) is 25.9 Å². The highest BCUT2D eigenvalue weighted by Gasteiger charge is 2.23. The van der Waals surface area contributed by atoms with Crippen molar-refractivity contribution in [1.82, 2.24) is 4.90 Å². The maximum absolute atomic E-state index is 12.8. The van der Waals surface area contributed by atoms with Gasteiger partial charge in [-0.1, -0.05) is 0 Å². The summed E-state index contributed by atoms with van der Waals surface area (Å²) in [4.78, 5) is 13.9. The molecule has 0 atom stereocenters. The van der Waals surface area contributed by atoms with Gasteiger partial charge in [-0.25, -0.2) is 4.39 Å². The van der Waals surface area contributed by atoms with Gasteiger partial charge in [0.1, 0.15) is 5.82 Å². The first-order chi connectivity index (χ1) is 8.70. The largest absolute Gasteiger partial charge is 0.378 e. The van der Waals surface area contributed by atoms with E-state index in [1.807, 2.05) is 11.8 Å². The third-order valence-electron chi connectivity index (χ3n) is 3.22. The van der Waals surface area contributed by atoms with Gasteiger partial charge >= 0.3 is 0 Å². The van der Waals surface area contributed by atoms with E-state index < -0.39 is 0 Å². The first-order valence-electron chi connectivity index (χ1n) is 6.37. The van der Waals surface area contributed by atoms with Crippen molar-refractivity contribution < 1.29 is 13.9 Å². The molecule has 1 heterocycles. The highest BCUT2D eigenvalue weighted by atomic mass is 19.1. The Labute approximate surface area is 107 Å². The summed E-state index contributed by atoms with van der Waals surface area (Å²) in [5, 5.41) is 0. The SMILES string of the molecule is CCOC1CCN(C(=O)c2ccc(F)cc2)CC1. The van der Waals surface area contributed by atoms with E-state index in [1.54, 1.807) is 0 Å². The number of hydrogen-bond acceptors (Lipinski definition) is 2. The second-order valence-electron chi connectivity index (χ2n) is 4.45. The first kappa shape index (κ1) is 13.0. The van der Waals surface area contributed by atoms with Crippen LogP contribution in [0.2, 0.25) is 0 Å². The normalized spacial score (nSPS) is 16.9. The number of halogens is 1. The number of nitrogens with zero attached hydrogens (tertiary/aromatic N) is 1. The van der Waals surface area contributed by atoms with Gasteiger partial charge in [-0.3, -0.25) is 4.79 Å². The van der Waals surface area contributed by atoms with Gasteiger partial charge in [-0.2, -0.15) is 0 Å². The Kier molecular flexibility index (Phi) is 4.31. The van der Waals surface area contributed by atoms with E-state index in [0.717, 1.165) is 19.4 Å². The summed E-state index contributed by atoms with van der Waals surface area (Å²) < 4.78 is 18.3. The van der Waals surface area contributed by atoms with E-state index >= 15 is 0 Å². The van der Waals surface area contributed by atoms with Gasteiger partial charge in [-0.15, -0.1) is 0 Å². The van der Waals surface area contributed by atoms with Crippen LogP contribution in [-0.2, 0) is 4.74 Å². The van der Waals surface area contributed by atoms with Crippen LogP contribution in [0.4, 0.5) is 4.39 Å². The van der Waals surface area contributed by atoms with Gasteiger partial charge in [0, 0.05) is 25.3 Å². The lowest BCUT2D eigenvalue weighted by Crippen LogP contribution is -2.40. The summed E-state index contributed by atoms with van der Waals surface area (Å²) in [6, 6.07) is 5.71. The number of hydrogen-bond donors (Lipinski definition) is 0. The molecule has 1 amide bonds. The third kappa shape index (κ3) is 3.07. The van der Waals surface area contributed by atoms with Crippen LogP contribution in [-0.4, -0.2) is 36.6 Å². The molecule has 0 aliphatic carbocycles. The minimum atomic E-state index is -0.318. The van der Waals surface area contributed by atoms with Crippen LogP contribution in [0, 0.1) is 5.82 Å². The molecule has 1 aromatic carbocycles. The van der Waals surface area contributed by atoms with Crippen LogP contribution < -0.4 is 0 Å². The molecule has 2 rings (SSSR count). The van der Waals surface area contributed by atoms with E-state index in [4.69, 9.17) is 4.74 Å². The Morgan fingerprint density at radius 2 is 1.94 bits per heavy atom. The summed E-state index contributed by atoms with van der Waals surface area (Å²) in [5.74, 6) is -0.341. The maximum atomic E-state index is 12.8. The fourth-order valence-corrected chi connectivity index (χ4v) is 2.24. The first-order valence-corrected chi connectivity index (χ1v) is 6.37. The average Bonchev–Trinajstić information content (AvgIpc) is 2.40. The predicted octanol–water partition coefficient (Wildman–Crippen LogP) is 2.47. The second kappa shape index (κ2) is 5.96. The Hall–Kier alpha value is -1.42. The summed E-state index contributed by atoms with van der Waals surface area (Å²) in [7, 11) is 0. The smallest absolute Gasteiger partial charge is 0.253 e. The molecule has 0 bridgehead atoms. The standard InChI is InChI=1S/C14H18FNO2/c1-2-18-13-7-9-16(10-8-13)14(17)11-3-5-12(15)6-4-11/h3-6,13H,2,7-10H2,1H3. The number of benzene rings is 1. The van der Waals surface area contributed by atoms with E-state index in [9.17, 15) is 9.18 Å². The highest BCUT2D eigenvalue weighted by molar-refractivity contribution is 5.94. The number of carbonyl (C=O) groups excluding carboxylic acids is 1.